The topological polar surface area (TPSA) is 44.9 Å². The number of anilines is 1. The molecule has 0 fully saturated rings. The van der Waals surface area contributed by atoms with Crippen LogP contribution in [0.2, 0.25) is 0 Å². The summed E-state index contributed by atoms with van der Waals surface area (Å²) in [5.74, 6) is -0.583. The van der Waals surface area contributed by atoms with Crippen LogP contribution in [-0.4, -0.2) is 10.9 Å². The molecule has 3 nitrogen and oxygen atoms in total. The van der Waals surface area contributed by atoms with Gasteiger partial charge in [0, 0.05) is 28.4 Å². The number of aromatic amines is 1. The van der Waals surface area contributed by atoms with E-state index in [4.69, 9.17) is 0 Å². The van der Waals surface area contributed by atoms with Crippen LogP contribution in [0.4, 0.5) is 10.1 Å². The molecule has 0 atom stereocenters. The predicted molar refractivity (Wildman–Crippen MR) is 77.4 cm³/mol. The normalized spacial score (nSPS) is 10.7. The first-order valence-electron chi connectivity index (χ1n) is 6.28. The fourth-order valence-electron chi connectivity index (χ4n) is 2.07. The van der Waals surface area contributed by atoms with Gasteiger partial charge in [-0.15, -0.1) is 0 Å². The number of rotatable bonds is 2. The molecule has 1 heterocycles. The summed E-state index contributed by atoms with van der Waals surface area (Å²) in [6.07, 6.45) is 1.82. The van der Waals surface area contributed by atoms with Crippen molar-refractivity contribution in [3.8, 4) is 0 Å². The van der Waals surface area contributed by atoms with Gasteiger partial charge in [-0.1, -0.05) is 6.07 Å². The van der Waals surface area contributed by atoms with E-state index in [0.29, 0.717) is 16.8 Å². The second kappa shape index (κ2) is 4.81. The average Bonchev–Trinajstić information content (AvgIpc) is 2.90. The third kappa shape index (κ3) is 2.28. The molecule has 20 heavy (non-hydrogen) atoms. The van der Waals surface area contributed by atoms with Crippen molar-refractivity contribution in [1.29, 1.82) is 0 Å². The van der Waals surface area contributed by atoms with Crippen LogP contribution in [0.5, 0.6) is 0 Å². The molecular formula is C16H13FN2O. The van der Waals surface area contributed by atoms with Crippen molar-refractivity contribution in [2.24, 2.45) is 0 Å². The molecule has 0 saturated heterocycles. The van der Waals surface area contributed by atoms with Crippen molar-refractivity contribution in [2.45, 2.75) is 6.92 Å². The molecule has 0 aliphatic rings. The fraction of sp³-hybridized carbons (Fsp3) is 0.0625. The van der Waals surface area contributed by atoms with Gasteiger partial charge in [0.15, 0.2) is 0 Å². The minimum absolute atomic E-state index is 0.253. The SMILES string of the molecule is Cc1ccc(NC(=O)c2ccc3[nH]ccc3c2)cc1F. The molecule has 0 bridgehead atoms. The molecule has 1 amide bonds. The van der Waals surface area contributed by atoms with E-state index >= 15 is 0 Å². The molecule has 0 unspecified atom stereocenters. The lowest BCUT2D eigenvalue weighted by molar-refractivity contribution is 0.102. The van der Waals surface area contributed by atoms with Gasteiger partial charge in [0.25, 0.3) is 5.91 Å². The van der Waals surface area contributed by atoms with Crippen molar-refractivity contribution in [3.05, 3.63) is 65.6 Å². The molecule has 0 radical (unpaired) electrons. The summed E-state index contributed by atoms with van der Waals surface area (Å²) < 4.78 is 13.4. The molecule has 2 N–H and O–H groups in total. The summed E-state index contributed by atoms with van der Waals surface area (Å²) >= 11 is 0. The second-order valence-electron chi connectivity index (χ2n) is 4.70. The number of hydrogen-bond acceptors (Lipinski definition) is 1. The first kappa shape index (κ1) is 12.4. The lowest BCUT2D eigenvalue weighted by Crippen LogP contribution is -2.11. The number of carbonyl (C=O) groups is 1. The first-order chi connectivity index (χ1) is 9.63. The van der Waals surface area contributed by atoms with E-state index in [1.165, 1.54) is 6.07 Å². The van der Waals surface area contributed by atoms with Crippen molar-refractivity contribution in [2.75, 3.05) is 5.32 Å². The Morgan fingerprint density at radius 3 is 2.80 bits per heavy atom. The molecule has 3 aromatic rings. The second-order valence-corrected chi connectivity index (χ2v) is 4.70. The predicted octanol–water partition coefficient (Wildman–Crippen LogP) is 3.87. The van der Waals surface area contributed by atoms with Crippen molar-refractivity contribution >= 4 is 22.5 Å². The van der Waals surface area contributed by atoms with E-state index in [-0.39, 0.29) is 11.7 Å². The molecule has 100 valence electrons. The lowest BCUT2D eigenvalue weighted by atomic mass is 10.1. The highest BCUT2D eigenvalue weighted by Crippen LogP contribution is 2.17. The van der Waals surface area contributed by atoms with Crippen LogP contribution in [0, 0.1) is 12.7 Å². The maximum absolute atomic E-state index is 13.4. The van der Waals surface area contributed by atoms with Crippen molar-refractivity contribution < 1.29 is 9.18 Å². The number of H-pyrrole nitrogens is 1. The lowest BCUT2D eigenvalue weighted by Gasteiger charge is -2.06. The minimum atomic E-state index is -0.330. The van der Waals surface area contributed by atoms with Gasteiger partial charge in [-0.3, -0.25) is 4.79 Å². The van der Waals surface area contributed by atoms with Gasteiger partial charge in [0.1, 0.15) is 5.82 Å². The fourth-order valence-corrected chi connectivity index (χ4v) is 2.07. The molecule has 0 saturated carbocycles. The first-order valence-corrected chi connectivity index (χ1v) is 6.28. The maximum Gasteiger partial charge on any atom is 0.255 e. The zero-order chi connectivity index (χ0) is 14.1. The monoisotopic (exact) mass is 268 g/mol. The molecule has 4 heteroatoms. The van der Waals surface area contributed by atoms with Crippen LogP contribution in [0.25, 0.3) is 10.9 Å². The smallest absolute Gasteiger partial charge is 0.255 e. The summed E-state index contributed by atoms with van der Waals surface area (Å²) in [5.41, 5.74) is 2.52. The van der Waals surface area contributed by atoms with Gasteiger partial charge in [-0.05, 0) is 48.9 Å². The number of hydrogen-bond donors (Lipinski definition) is 2. The van der Waals surface area contributed by atoms with Gasteiger partial charge in [0.05, 0.1) is 0 Å². The Morgan fingerprint density at radius 1 is 1.15 bits per heavy atom. The largest absolute Gasteiger partial charge is 0.361 e. The van der Waals surface area contributed by atoms with Crippen molar-refractivity contribution in [3.63, 3.8) is 0 Å². The van der Waals surface area contributed by atoms with Gasteiger partial charge in [-0.2, -0.15) is 0 Å². The zero-order valence-corrected chi connectivity index (χ0v) is 10.9. The third-order valence-electron chi connectivity index (χ3n) is 3.25. The Balaban J connectivity index is 1.86. The van der Waals surface area contributed by atoms with Crippen LogP contribution >= 0.6 is 0 Å². The van der Waals surface area contributed by atoms with Gasteiger partial charge in [-0.25, -0.2) is 4.39 Å². The molecule has 1 aromatic heterocycles. The van der Waals surface area contributed by atoms with Crippen LogP contribution < -0.4 is 5.32 Å². The van der Waals surface area contributed by atoms with Crippen LogP contribution in [0.3, 0.4) is 0 Å². The van der Waals surface area contributed by atoms with E-state index in [1.807, 2.05) is 18.3 Å². The van der Waals surface area contributed by atoms with E-state index < -0.39 is 0 Å². The summed E-state index contributed by atoms with van der Waals surface area (Å²) in [7, 11) is 0. The Morgan fingerprint density at radius 2 is 2.00 bits per heavy atom. The molecule has 0 aliphatic carbocycles. The number of nitrogens with one attached hydrogen (secondary N) is 2. The molecule has 2 aromatic carbocycles. The molecular weight excluding hydrogens is 255 g/mol. The number of carbonyl (C=O) groups excluding carboxylic acids is 1. The van der Waals surface area contributed by atoms with Crippen LogP contribution in [-0.2, 0) is 0 Å². The highest BCUT2D eigenvalue weighted by Gasteiger charge is 2.08. The van der Waals surface area contributed by atoms with Gasteiger partial charge in [0.2, 0.25) is 0 Å². The molecule has 0 spiro atoms. The Bertz CT molecular complexity index is 792. The van der Waals surface area contributed by atoms with E-state index in [0.717, 1.165) is 10.9 Å². The summed E-state index contributed by atoms with van der Waals surface area (Å²) in [6.45, 7) is 1.68. The number of aryl methyl sites for hydroxylation is 1. The summed E-state index contributed by atoms with van der Waals surface area (Å²) in [4.78, 5) is 15.2. The number of amides is 1. The van der Waals surface area contributed by atoms with Crippen LogP contribution in [0.1, 0.15) is 15.9 Å². The quantitative estimate of drug-likeness (QED) is 0.728. The molecule has 0 aliphatic heterocycles. The zero-order valence-electron chi connectivity index (χ0n) is 10.9. The Hall–Kier alpha value is -2.62. The molecule has 3 rings (SSSR count). The standard InChI is InChI=1S/C16H13FN2O/c1-10-2-4-13(9-14(10)17)19-16(20)12-3-5-15-11(8-12)6-7-18-15/h2-9,18H,1H3,(H,19,20). The van der Waals surface area contributed by atoms with E-state index in [2.05, 4.69) is 10.3 Å². The summed E-state index contributed by atoms with van der Waals surface area (Å²) in [6, 6.07) is 11.9. The Labute approximate surface area is 115 Å². The van der Waals surface area contributed by atoms with E-state index in [9.17, 15) is 9.18 Å². The summed E-state index contributed by atoms with van der Waals surface area (Å²) in [5, 5.41) is 3.66. The maximum atomic E-state index is 13.4. The minimum Gasteiger partial charge on any atom is -0.361 e. The van der Waals surface area contributed by atoms with Gasteiger partial charge >= 0.3 is 0 Å². The number of halogens is 1. The third-order valence-corrected chi connectivity index (χ3v) is 3.25. The highest BCUT2D eigenvalue weighted by molar-refractivity contribution is 6.06. The highest BCUT2D eigenvalue weighted by atomic mass is 19.1. The Kier molecular flexibility index (Phi) is 2.99. The average molecular weight is 268 g/mol. The number of benzene rings is 2. The van der Waals surface area contributed by atoms with Crippen molar-refractivity contribution in [1.82, 2.24) is 4.98 Å². The number of aromatic nitrogens is 1. The number of fused-ring (bicyclic) bond motifs is 1. The van der Waals surface area contributed by atoms with Gasteiger partial charge < -0.3 is 10.3 Å². The van der Waals surface area contributed by atoms with Crippen LogP contribution in [0.15, 0.2) is 48.7 Å². The van der Waals surface area contributed by atoms with E-state index in [1.54, 1.807) is 31.2 Å².